The van der Waals surface area contributed by atoms with Gasteiger partial charge < -0.3 is 4.72 Å². The first-order valence-corrected chi connectivity index (χ1v) is 5.76. The summed E-state index contributed by atoms with van der Waals surface area (Å²) >= 11 is 1.16. The summed E-state index contributed by atoms with van der Waals surface area (Å²) < 4.78 is 4.24. The topological polar surface area (TPSA) is 48.4 Å². The van der Waals surface area contributed by atoms with E-state index in [4.69, 9.17) is 0 Å². The standard InChI is InChI=1S/C11H13N3OS/c1-2-3-6-10-11(13-16-14(10)15)9-5-4-7-12-8-9/h2,4-5,7-8,13,15H,1,3,6H2. The fraction of sp³-hybridized carbons (Fsp3) is 0.182. The number of aromatic nitrogens is 1. The molecule has 1 aromatic heterocycles. The summed E-state index contributed by atoms with van der Waals surface area (Å²) in [6, 6.07) is 3.84. The molecule has 0 amide bonds. The lowest BCUT2D eigenvalue weighted by Crippen LogP contribution is -2.05. The van der Waals surface area contributed by atoms with E-state index in [9.17, 15) is 5.21 Å². The van der Waals surface area contributed by atoms with Crippen molar-refractivity contribution in [2.45, 2.75) is 12.8 Å². The number of allylic oxidation sites excluding steroid dienone is 2. The molecule has 2 heterocycles. The maximum Gasteiger partial charge on any atom is 0.0951 e. The lowest BCUT2D eigenvalue weighted by molar-refractivity contribution is 0.0533. The van der Waals surface area contributed by atoms with E-state index in [0.29, 0.717) is 0 Å². The molecule has 16 heavy (non-hydrogen) atoms. The number of hydrogen-bond donors (Lipinski definition) is 2. The third kappa shape index (κ3) is 2.20. The zero-order valence-corrected chi connectivity index (χ0v) is 9.57. The van der Waals surface area contributed by atoms with Crippen LogP contribution in [0.25, 0.3) is 5.70 Å². The van der Waals surface area contributed by atoms with Gasteiger partial charge >= 0.3 is 0 Å². The summed E-state index contributed by atoms with van der Waals surface area (Å²) in [5.41, 5.74) is 2.76. The van der Waals surface area contributed by atoms with Crippen LogP contribution >= 0.6 is 12.1 Å². The zero-order chi connectivity index (χ0) is 11.4. The molecule has 0 saturated carbocycles. The van der Waals surface area contributed by atoms with E-state index in [2.05, 4.69) is 16.3 Å². The molecule has 0 unspecified atom stereocenters. The van der Waals surface area contributed by atoms with Gasteiger partial charge in [-0.15, -0.1) is 6.58 Å². The van der Waals surface area contributed by atoms with Gasteiger partial charge in [0, 0.05) is 18.0 Å². The fourth-order valence-electron chi connectivity index (χ4n) is 1.49. The van der Waals surface area contributed by atoms with Gasteiger partial charge in [0.05, 0.1) is 23.5 Å². The monoisotopic (exact) mass is 235 g/mol. The van der Waals surface area contributed by atoms with Crippen molar-refractivity contribution in [3.05, 3.63) is 48.4 Å². The first-order valence-electron chi connectivity index (χ1n) is 4.99. The van der Waals surface area contributed by atoms with Gasteiger partial charge in [-0.1, -0.05) is 6.08 Å². The van der Waals surface area contributed by atoms with Crippen molar-refractivity contribution in [3.8, 4) is 0 Å². The minimum Gasteiger partial charge on any atom is -0.308 e. The molecule has 2 N–H and O–H groups in total. The highest BCUT2D eigenvalue weighted by atomic mass is 32.2. The van der Waals surface area contributed by atoms with Crippen LogP contribution in [-0.4, -0.2) is 14.7 Å². The lowest BCUT2D eigenvalue weighted by atomic mass is 10.1. The van der Waals surface area contributed by atoms with Crippen LogP contribution in [0, 0.1) is 0 Å². The van der Waals surface area contributed by atoms with Gasteiger partial charge in [-0.2, -0.15) is 4.47 Å². The Morgan fingerprint density at radius 1 is 1.62 bits per heavy atom. The van der Waals surface area contributed by atoms with Crippen molar-refractivity contribution >= 4 is 17.8 Å². The Morgan fingerprint density at radius 2 is 2.50 bits per heavy atom. The lowest BCUT2D eigenvalue weighted by Gasteiger charge is -2.09. The summed E-state index contributed by atoms with van der Waals surface area (Å²) in [4.78, 5) is 4.07. The van der Waals surface area contributed by atoms with Gasteiger partial charge in [0.1, 0.15) is 0 Å². The molecule has 84 valence electrons. The molecule has 0 aromatic carbocycles. The first-order chi connectivity index (χ1) is 7.83. The van der Waals surface area contributed by atoms with Gasteiger partial charge in [0.15, 0.2) is 0 Å². The Hall–Kier alpha value is -1.46. The average Bonchev–Trinajstić information content (AvgIpc) is 2.69. The van der Waals surface area contributed by atoms with E-state index in [1.807, 2.05) is 18.2 Å². The molecule has 0 atom stereocenters. The Kier molecular flexibility index (Phi) is 3.48. The zero-order valence-electron chi connectivity index (χ0n) is 8.76. The molecule has 1 aliphatic rings. The Morgan fingerprint density at radius 3 is 3.19 bits per heavy atom. The number of hydrogen-bond acceptors (Lipinski definition) is 5. The summed E-state index contributed by atoms with van der Waals surface area (Å²) in [5, 5.41) is 9.67. The van der Waals surface area contributed by atoms with E-state index in [1.54, 1.807) is 12.4 Å². The Bertz CT molecular complexity index is 405. The van der Waals surface area contributed by atoms with Gasteiger partial charge in [-0.05, 0) is 25.0 Å². The Balaban J connectivity index is 2.29. The van der Waals surface area contributed by atoms with E-state index in [1.165, 1.54) is 0 Å². The van der Waals surface area contributed by atoms with Crippen LogP contribution in [0.1, 0.15) is 18.4 Å². The van der Waals surface area contributed by atoms with Gasteiger partial charge in [-0.3, -0.25) is 10.2 Å². The molecule has 0 radical (unpaired) electrons. The van der Waals surface area contributed by atoms with Crippen LogP contribution in [0.3, 0.4) is 0 Å². The van der Waals surface area contributed by atoms with Crippen molar-refractivity contribution in [1.29, 1.82) is 0 Å². The van der Waals surface area contributed by atoms with Crippen LogP contribution in [0.5, 0.6) is 0 Å². The quantitative estimate of drug-likeness (QED) is 0.620. The number of nitrogens with zero attached hydrogens (tertiary/aromatic N) is 2. The second-order valence-electron chi connectivity index (χ2n) is 3.36. The van der Waals surface area contributed by atoms with Crippen LogP contribution in [0.4, 0.5) is 0 Å². The second kappa shape index (κ2) is 5.05. The first kappa shape index (κ1) is 11.0. The minimum atomic E-state index is 0.754. The molecule has 0 spiro atoms. The molecular formula is C11H13N3OS. The maximum atomic E-state index is 9.67. The summed E-state index contributed by atoms with van der Waals surface area (Å²) in [7, 11) is 0. The van der Waals surface area contributed by atoms with E-state index in [0.717, 1.165) is 46.4 Å². The van der Waals surface area contributed by atoms with Crippen molar-refractivity contribution in [1.82, 2.24) is 14.2 Å². The summed E-state index contributed by atoms with van der Waals surface area (Å²) in [5.74, 6) is 0. The van der Waals surface area contributed by atoms with Crippen molar-refractivity contribution in [2.24, 2.45) is 0 Å². The highest BCUT2D eigenvalue weighted by molar-refractivity contribution is 7.95. The minimum absolute atomic E-state index is 0.754. The molecule has 0 saturated heterocycles. The molecular weight excluding hydrogens is 222 g/mol. The van der Waals surface area contributed by atoms with E-state index >= 15 is 0 Å². The van der Waals surface area contributed by atoms with Crippen molar-refractivity contribution in [2.75, 3.05) is 0 Å². The summed E-state index contributed by atoms with van der Waals surface area (Å²) in [6.07, 6.45) is 6.93. The van der Waals surface area contributed by atoms with E-state index in [-0.39, 0.29) is 0 Å². The SMILES string of the molecule is C=CCCC1=C(c2cccnc2)NSN1O. The summed E-state index contributed by atoms with van der Waals surface area (Å²) in [6.45, 7) is 3.68. The molecule has 0 aliphatic carbocycles. The maximum absolute atomic E-state index is 9.67. The van der Waals surface area contributed by atoms with E-state index < -0.39 is 0 Å². The van der Waals surface area contributed by atoms with Crippen LogP contribution in [-0.2, 0) is 0 Å². The number of hydroxylamine groups is 1. The Labute approximate surface area is 98.9 Å². The van der Waals surface area contributed by atoms with Crippen LogP contribution < -0.4 is 4.72 Å². The fourth-order valence-corrected chi connectivity index (χ4v) is 2.20. The smallest absolute Gasteiger partial charge is 0.0951 e. The largest absolute Gasteiger partial charge is 0.308 e. The normalized spacial score (nSPS) is 15.2. The molecule has 1 aliphatic heterocycles. The number of nitrogens with one attached hydrogen (secondary N) is 1. The third-order valence-electron chi connectivity index (χ3n) is 2.29. The molecule has 5 heteroatoms. The molecule has 4 nitrogen and oxygen atoms in total. The van der Waals surface area contributed by atoms with Gasteiger partial charge in [0.25, 0.3) is 0 Å². The highest BCUT2D eigenvalue weighted by Crippen LogP contribution is 2.32. The average molecular weight is 235 g/mol. The van der Waals surface area contributed by atoms with Crippen LogP contribution in [0.15, 0.2) is 42.9 Å². The number of pyridine rings is 1. The third-order valence-corrected chi connectivity index (χ3v) is 2.98. The molecule has 0 fully saturated rings. The van der Waals surface area contributed by atoms with Gasteiger partial charge in [-0.25, -0.2) is 0 Å². The van der Waals surface area contributed by atoms with Crippen LogP contribution in [0.2, 0.25) is 0 Å². The number of rotatable bonds is 4. The molecule has 2 rings (SSSR count). The van der Waals surface area contributed by atoms with Crippen molar-refractivity contribution < 1.29 is 5.21 Å². The van der Waals surface area contributed by atoms with Gasteiger partial charge in [0.2, 0.25) is 0 Å². The van der Waals surface area contributed by atoms with Crippen molar-refractivity contribution in [3.63, 3.8) is 0 Å². The molecule has 0 bridgehead atoms. The molecule has 1 aromatic rings. The highest BCUT2D eigenvalue weighted by Gasteiger charge is 2.22. The second-order valence-corrected chi connectivity index (χ2v) is 4.09. The predicted molar refractivity (Wildman–Crippen MR) is 64.9 cm³/mol. The predicted octanol–water partition coefficient (Wildman–Crippen LogP) is 2.57.